The van der Waals surface area contributed by atoms with Gasteiger partial charge in [-0.05, 0) is 41.8 Å². The summed E-state index contributed by atoms with van der Waals surface area (Å²) in [5.41, 5.74) is 1.19. The van der Waals surface area contributed by atoms with Crippen LogP contribution in [0.1, 0.15) is 15.2 Å². The summed E-state index contributed by atoms with van der Waals surface area (Å²) in [6.07, 6.45) is 0. The van der Waals surface area contributed by atoms with Crippen molar-refractivity contribution in [2.75, 3.05) is 18.5 Å². The van der Waals surface area contributed by atoms with E-state index in [2.05, 4.69) is 5.32 Å². The lowest BCUT2D eigenvalue weighted by atomic mass is 10.2. The fourth-order valence-corrected chi connectivity index (χ4v) is 3.22. The van der Waals surface area contributed by atoms with Crippen LogP contribution in [0, 0.1) is 0 Å². The highest BCUT2D eigenvalue weighted by molar-refractivity contribution is 7.09. The number of amides is 1. The zero-order valence-corrected chi connectivity index (χ0v) is 14.8. The molecule has 3 aromatic rings. The van der Waals surface area contributed by atoms with E-state index in [9.17, 15) is 4.79 Å². The third kappa shape index (κ3) is 3.81. The molecule has 0 aliphatic carbocycles. The molecule has 26 heavy (non-hydrogen) atoms. The molecule has 0 saturated carbocycles. The smallest absolute Gasteiger partial charge is 0.255 e. The van der Waals surface area contributed by atoms with Crippen LogP contribution in [-0.2, 0) is 6.61 Å². The van der Waals surface area contributed by atoms with Crippen molar-refractivity contribution in [2.24, 2.45) is 0 Å². The SMILES string of the molecule is O=C(Nc1ccc2c(c1)OCCO2)c1cccc(OCc2cccs2)c1. The number of thiophene rings is 1. The van der Waals surface area contributed by atoms with Crippen molar-refractivity contribution < 1.29 is 19.0 Å². The van der Waals surface area contributed by atoms with Gasteiger partial charge in [0.1, 0.15) is 25.6 Å². The second kappa shape index (κ2) is 7.49. The molecule has 5 nitrogen and oxygen atoms in total. The Labute approximate surface area is 155 Å². The number of ether oxygens (including phenoxy) is 3. The summed E-state index contributed by atoms with van der Waals surface area (Å²) in [4.78, 5) is 13.7. The molecule has 0 fully saturated rings. The maximum atomic E-state index is 12.5. The first-order chi connectivity index (χ1) is 12.8. The Bertz CT molecular complexity index is 908. The number of carbonyl (C=O) groups excluding carboxylic acids is 1. The molecular formula is C20H17NO4S. The highest BCUT2D eigenvalue weighted by Gasteiger charge is 2.13. The van der Waals surface area contributed by atoms with Gasteiger partial charge in [0.15, 0.2) is 11.5 Å². The molecule has 0 spiro atoms. The largest absolute Gasteiger partial charge is 0.488 e. The van der Waals surface area contributed by atoms with Crippen molar-refractivity contribution in [1.29, 1.82) is 0 Å². The lowest BCUT2D eigenvalue weighted by Gasteiger charge is -2.19. The summed E-state index contributed by atoms with van der Waals surface area (Å²) in [6, 6.07) is 16.5. The van der Waals surface area contributed by atoms with Crippen molar-refractivity contribution in [3.63, 3.8) is 0 Å². The van der Waals surface area contributed by atoms with Gasteiger partial charge < -0.3 is 19.5 Å². The number of nitrogens with one attached hydrogen (secondary N) is 1. The van der Waals surface area contributed by atoms with Gasteiger partial charge in [0, 0.05) is 22.2 Å². The van der Waals surface area contributed by atoms with Gasteiger partial charge in [-0.25, -0.2) is 0 Å². The van der Waals surface area contributed by atoms with Gasteiger partial charge in [-0.15, -0.1) is 11.3 Å². The maximum Gasteiger partial charge on any atom is 0.255 e. The summed E-state index contributed by atoms with van der Waals surface area (Å²) in [5.74, 6) is 1.79. The number of carbonyl (C=O) groups is 1. The lowest BCUT2D eigenvalue weighted by molar-refractivity contribution is 0.102. The number of benzene rings is 2. The number of hydrogen-bond donors (Lipinski definition) is 1. The predicted molar refractivity (Wildman–Crippen MR) is 100 cm³/mol. The Kier molecular flexibility index (Phi) is 4.75. The van der Waals surface area contributed by atoms with E-state index in [0.29, 0.717) is 48.3 Å². The van der Waals surface area contributed by atoms with Gasteiger partial charge in [-0.1, -0.05) is 12.1 Å². The highest BCUT2D eigenvalue weighted by Crippen LogP contribution is 2.32. The summed E-state index contributed by atoms with van der Waals surface area (Å²) >= 11 is 1.64. The summed E-state index contributed by atoms with van der Waals surface area (Å²) in [5, 5.41) is 4.89. The molecule has 4 rings (SSSR count). The monoisotopic (exact) mass is 367 g/mol. The fraction of sp³-hybridized carbons (Fsp3) is 0.150. The van der Waals surface area contributed by atoms with Crippen LogP contribution in [0.3, 0.4) is 0 Å². The zero-order valence-electron chi connectivity index (χ0n) is 13.9. The Morgan fingerprint density at radius 3 is 2.77 bits per heavy atom. The van der Waals surface area contributed by atoms with Gasteiger partial charge in [0.2, 0.25) is 0 Å². The van der Waals surface area contributed by atoms with Crippen LogP contribution < -0.4 is 19.5 Å². The Morgan fingerprint density at radius 2 is 1.92 bits per heavy atom. The van der Waals surface area contributed by atoms with Gasteiger partial charge >= 0.3 is 0 Å². The Hall–Kier alpha value is -2.99. The topological polar surface area (TPSA) is 56.8 Å². The van der Waals surface area contributed by atoms with E-state index >= 15 is 0 Å². The van der Waals surface area contributed by atoms with Crippen molar-refractivity contribution in [3.05, 3.63) is 70.4 Å². The van der Waals surface area contributed by atoms with Gasteiger partial charge in [-0.2, -0.15) is 0 Å². The van der Waals surface area contributed by atoms with Crippen molar-refractivity contribution in [3.8, 4) is 17.2 Å². The minimum absolute atomic E-state index is 0.205. The van der Waals surface area contributed by atoms with Crippen molar-refractivity contribution in [1.82, 2.24) is 0 Å². The second-order valence-electron chi connectivity index (χ2n) is 5.71. The van der Waals surface area contributed by atoms with E-state index in [1.807, 2.05) is 29.6 Å². The molecule has 2 aromatic carbocycles. The first-order valence-electron chi connectivity index (χ1n) is 8.24. The predicted octanol–water partition coefficient (Wildman–Crippen LogP) is 4.35. The molecule has 0 unspecified atom stereocenters. The second-order valence-corrected chi connectivity index (χ2v) is 6.74. The van der Waals surface area contributed by atoms with Crippen LogP contribution in [0.2, 0.25) is 0 Å². The van der Waals surface area contributed by atoms with E-state index in [4.69, 9.17) is 14.2 Å². The molecule has 1 aromatic heterocycles. The molecule has 6 heteroatoms. The van der Waals surface area contributed by atoms with Crippen LogP contribution in [-0.4, -0.2) is 19.1 Å². The minimum Gasteiger partial charge on any atom is -0.488 e. The highest BCUT2D eigenvalue weighted by atomic mass is 32.1. The molecule has 0 radical (unpaired) electrons. The normalized spacial score (nSPS) is 12.5. The zero-order chi connectivity index (χ0) is 17.8. The van der Waals surface area contributed by atoms with Crippen LogP contribution >= 0.6 is 11.3 Å². The number of hydrogen-bond acceptors (Lipinski definition) is 5. The molecule has 2 heterocycles. The van der Waals surface area contributed by atoms with E-state index in [0.717, 1.165) is 4.88 Å². The fourth-order valence-electron chi connectivity index (χ4n) is 2.60. The van der Waals surface area contributed by atoms with Gasteiger partial charge in [0.05, 0.1) is 0 Å². The van der Waals surface area contributed by atoms with Crippen molar-refractivity contribution in [2.45, 2.75) is 6.61 Å². The number of rotatable bonds is 5. The summed E-state index contributed by atoms with van der Waals surface area (Å²) < 4.78 is 16.8. The number of anilines is 1. The molecule has 0 saturated heterocycles. The van der Waals surface area contributed by atoms with Crippen LogP contribution in [0.5, 0.6) is 17.2 Å². The summed E-state index contributed by atoms with van der Waals surface area (Å²) in [6.45, 7) is 1.54. The van der Waals surface area contributed by atoms with E-state index in [-0.39, 0.29) is 5.91 Å². The Balaban J connectivity index is 1.43. The van der Waals surface area contributed by atoms with E-state index < -0.39 is 0 Å². The first kappa shape index (κ1) is 16.5. The van der Waals surface area contributed by atoms with E-state index in [1.165, 1.54) is 0 Å². The average Bonchev–Trinajstić information content (AvgIpc) is 3.20. The molecule has 1 N–H and O–H groups in total. The minimum atomic E-state index is -0.205. The maximum absolute atomic E-state index is 12.5. The molecule has 132 valence electrons. The van der Waals surface area contributed by atoms with Crippen LogP contribution in [0.25, 0.3) is 0 Å². The molecule has 1 amide bonds. The van der Waals surface area contributed by atoms with Gasteiger partial charge in [0.25, 0.3) is 5.91 Å². The van der Waals surface area contributed by atoms with E-state index in [1.54, 1.807) is 41.7 Å². The quantitative estimate of drug-likeness (QED) is 0.728. The first-order valence-corrected chi connectivity index (χ1v) is 9.12. The molecule has 0 bridgehead atoms. The average molecular weight is 367 g/mol. The summed E-state index contributed by atoms with van der Waals surface area (Å²) in [7, 11) is 0. The standard InChI is InChI=1S/C20H17NO4S/c22-20(21-15-6-7-18-19(12-15)24-9-8-23-18)14-3-1-4-16(11-14)25-13-17-5-2-10-26-17/h1-7,10-12H,8-9,13H2,(H,21,22). The molecule has 0 atom stereocenters. The van der Waals surface area contributed by atoms with Crippen LogP contribution in [0.15, 0.2) is 60.0 Å². The van der Waals surface area contributed by atoms with Crippen LogP contribution in [0.4, 0.5) is 5.69 Å². The Morgan fingerprint density at radius 1 is 1.04 bits per heavy atom. The third-order valence-corrected chi connectivity index (χ3v) is 4.71. The molecular weight excluding hydrogens is 350 g/mol. The lowest BCUT2D eigenvalue weighted by Crippen LogP contribution is -2.16. The van der Waals surface area contributed by atoms with Crippen molar-refractivity contribution >= 4 is 22.9 Å². The molecule has 1 aliphatic rings. The van der Waals surface area contributed by atoms with Gasteiger partial charge in [-0.3, -0.25) is 4.79 Å². The molecule has 1 aliphatic heterocycles. The number of fused-ring (bicyclic) bond motifs is 1. The third-order valence-electron chi connectivity index (χ3n) is 3.86.